The van der Waals surface area contributed by atoms with Crippen LogP contribution in [-0.2, 0) is 4.79 Å². The van der Waals surface area contributed by atoms with Gasteiger partial charge in [-0.25, -0.2) is 4.79 Å². The number of hydrogen-bond donors (Lipinski definition) is 3. The summed E-state index contributed by atoms with van der Waals surface area (Å²) in [5.41, 5.74) is 4.76. The molecule has 0 aliphatic carbocycles. The molecule has 80 valence electrons. The Morgan fingerprint density at radius 2 is 2.14 bits per heavy atom. The van der Waals surface area contributed by atoms with Crippen LogP contribution in [0.1, 0.15) is 26.7 Å². The lowest BCUT2D eigenvalue weighted by Gasteiger charge is -2.37. The molecule has 5 heteroatoms. The maximum Gasteiger partial charge on any atom is 0.318 e. The molecule has 14 heavy (non-hydrogen) atoms. The highest BCUT2D eigenvalue weighted by Gasteiger charge is 2.37. The van der Waals surface area contributed by atoms with Crippen molar-refractivity contribution < 1.29 is 9.59 Å². The van der Waals surface area contributed by atoms with Gasteiger partial charge in [-0.3, -0.25) is 10.1 Å². The predicted molar refractivity (Wildman–Crippen MR) is 52.5 cm³/mol. The molecule has 1 heterocycles. The molecule has 0 aromatic rings. The van der Waals surface area contributed by atoms with Gasteiger partial charge < -0.3 is 11.1 Å². The van der Waals surface area contributed by atoms with E-state index in [2.05, 4.69) is 10.6 Å². The molecular weight excluding hydrogens is 182 g/mol. The molecule has 1 unspecified atom stereocenters. The van der Waals surface area contributed by atoms with E-state index in [9.17, 15) is 9.59 Å². The van der Waals surface area contributed by atoms with Crippen molar-refractivity contribution in [3.8, 4) is 0 Å². The van der Waals surface area contributed by atoms with Crippen molar-refractivity contribution in [2.24, 2.45) is 11.1 Å². The number of primary amides is 1. The second-order valence-electron chi connectivity index (χ2n) is 4.33. The second-order valence-corrected chi connectivity index (χ2v) is 4.33. The summed E-state index contributed by atoms with van der Waals surface area (Å²) in [5, 5.41) is 5.20. The number of hydrogen-bond acceptors (Lipinski definition) is 3. The number of amides is 3. The zero-order valence-electron chi connectivity index (χ0n) is 8.59. The first-order valence-electron chi connectivity index (χ1n) is 4.77. The molecule has 1 atom stereocenters. The van der Waals surface area contributed by atoms with Crippen LogP contribution in [0.3, 0.4) is 0 Å². The van der Waals surface area contributed by atoms with Crippen LogP contribution in [0.4, 0.5) is 4.79 Å². The first kappa shape index (κ1) is 11.0. The van der Waals surface area contributed by atoms with E-state index in [1.54, 1.807) is 0 Å². The molecular formula is C9H17N3O2. The van der Waals surface area contributed by atoms with Gasteiger partial charge in [-0.05, 0) is 24.8 Å². The van der Waals surface area contributed by atoms with E-state index in [1.807, 2.05) is 13.8 Å². The number of nitrogens with one attached hydrogen (secondary N) is 2. The Hall–Kier alpha value is -1.10. The van der Waals surface area contributed by atoms with Gasteiger partial charge in [0.25, 0.3) is 0 Å². The Morgan fingerprint density at radius 1 is 1.50 bits per heavy atom. The standard InChI is InChI=1S/C9H17N3O2/c1-9(2)4-3-5-11-6(9)7(13)12-8(10)14/h6,11H,3-5H2,1-2H3,(H3,10,12,13,14). The smallest absolute Gasteiger partial charge is 0.318 e. The van der Waals surface area contributed by atoms with Crippen molar-refractivity contribution in [3.05, 3.63) is 0 Å². The zero-order chi connectivity index (χ0) is 10.8. The fraction of sp³-hybridized carbons (Fsp3) is 0.778. The highest BCUT2D eigenvalue weighted by atomic mass is 16.2. The molecule has 1 rings (SSSR count). The third-order valence-electron chi connectivity index (χ3n) is 2.64. The summed E-state index contributed by atoms with van der Waals surface area (Å²) in [6.07, 6.45) is 2.02. The quantitative estimate of drug-likeness (QED) is 0.554. The number of imide groups is 1. The minimum Gasteiger partial charge on any atom is -0.351 e. The molecule has 0 aromatic carbocycles. The third-order valence-corrected chi connectivity index (χ3v) is 2.64. The number of carbonyl (C=O) groups excluding carboxylic acids is 2. The maximum atomic E-state index is 11.5. The predicted octanol–water partition coefficient (Wildman–Crippen LogP) is -0.0405. The van der Waals surface area contributed by atoms with Gasteiger partial charge in [-0.1, -0.05) is 13.8 Å². The van der Waals surface area contributed by atoms with E-state index in [1.165, 1.54) is 0 Å². The van der Waals surface area contributed by atoms with Crippen LogP contribution in [0.2, 0.25) is 0 Å². The largest absolute Gasteiger partial charge is 0.351 e. The van der Waals surface area contributed by atoms with Crippen molar-refractivity contribution in [2.75, 3.05) is 6.54 Å². The number of carbonyl (C=O) groups is 2. The fourth-order valence-corrected chi connectivity index (χ4v) is 1.85. The van der Waals surface area contributed by atoms with Crippen molar-refractivity contribution in [1.82, 2.24) is 10.6 Å². The van der Waals surface area contributed by atoms with Gasteiger partial charge in [-0.15, -0.1) is 0 Å². The van der Waals surface area contributed by atoms with E-state index in [0.717, 1.165) is 19.4 Å². The number of urea groups is 1. The Balaban J connectivity index is 2.64. The van der Waals surface area contributed by atoms with Crippen LogP contribution in [0.5, 0.6) is 0 Å². The molecule has 0 spiro atoms. The SMILES string of the molecule is CC1(C)CCCNC1C(=O)NC(N)=O. The summed E-state index contributed by atoms with van der Waals surface area (Å²) in [6, 6.07) is -1.12. The molecule has 0 aromatic heterocycles. The van der Waals surface area contributed by atoms with Crippen LogP contribution >= 0.6 is 0 Å². The van der Waals surface area contributed by atoms with Gasteiger partial charge >= 0.3 is 6.03 Å². The first-order chi connectivity index (χ1) is 6.43. The van der Waals surface area contributed by atoms with Crippen LogP contribution in [0, 0.1) is 5.41 Å². The van der Waals surface area contributed by atoms with Gasteiger partial charge in [0.2, 0.25) is 5.91 Å². The van der Waals surface area contributed by atoms with E-state index >= 15 is 0 Å². The van der Waals surface area contributed by atoms with Crippen LogP contribution in [0.15, 0.2) is 0 Å². The van der Waals surface area contributed by atoms with E-state index in [4.69, 9.17) is 5.73 Å². The highest BCUT2D eigenvalue weighted by Crippen LogP contribution is 2.29. The van der Waals surface area contributed by atoms with Gasteiger partial charge in [-0.2, -0.15) is 0 Å². The lowest BCUT2D eigenvalue weighted by molar-refractivity contribution is -0.125. The number of piperidine rings is 1. The van der Waals surface area contributed by atoms with E-state index < -0.39 is 6.03 Å². The molecule has 1 aliphatic heterocycles. The Kier molecular flexibility index (Phi) is 3.10. The normalized spacial score (nSPS) is 25.4. The van der Waals surface area contributed by atoms with Gasteiger partial charge in [0, 0.05) is 0 Å². The lowest BCUT2D eigenvalue weighted by atomic mass is 9.77. The topological polar surface area (TPSA) is 84.2 Å². The van der Waals surface area contributed by atoms with Gasteiger partial charge in [0.15, 0.2) is 0 Å². The van der Waals surface area contributed by atoms with Crippen LogP contribution in [-0.4, -0.2) is 24.5 Å². The van der Waals surface area contributed by atoms with E-state index in [-0.39, 0.29) is 17.4 Å². The van der Waals surface area contributed by atoms with Crippen molar-refractivity contribution >= 4 is 11.9 Å². The Bertz CT molecular complexity index is 250. The second kappa shape index (κ2) is 3.96. The van der Waals surface area contributed by atoms with E-state index in [0.29, 0.717) is 0 Å². The molecule has 3 amide bonds. The van der Waals surface area contributed by atoms with Crippen molar-refractivity contribution in [1.29, 1.82) is 0 Å². The molecule has 5 nitrogen and oxygen atoms in total. The van der Waals surface area contributed by atoms with Gasteiger partial charge in [0.05, 0.1) is 6.04 Å². The van der Waals surface area contributed by atoms with Crippen LogP contribution < -0.4 is 16.4 Å². The maximum absolute atomic E-state index is 11.5. The Morgan fingerprint density at radius 3 is 2.64 bits per heavy atom. The molecule has 0 radical (unpaired) electrons. The summed E-state index contributed by atoms with van der Waals surface area (Å²) in [7, 11) is 0. The summed E-state index contributed by atoms with van der Waals surface area (Å²) in [6.45, 7) is 4.81. The molecule has 0 saturated carbocycles. The molecule has 1 saturated heterocycles. The first-order valence-corrected chi connectivity index (χ1v) is 4.77. The average Bonchev–Trinajstić information content (AvgIpc) is 2.01. The fourth-order valence-electron chi connectivity index (χ4n) is 1.85. The lowest BCUT2D eigenvalue weighted by Crippen LogP contribution is -2.57. The summed E-state index contributed by atoms with van der Waals surface area (Å²) in [5.74, 6) is -0.331. The number of nitrogens with two attached hydrogens (primary N) is 1. The minimum atomic E-state index is -0.793. The highest BCUT2D eigenvalue weighted by molar-refractivity contribution is 5.96. The van der Waals surface area contributed by atoms with Gasteiger partial charge in [0.1, 0.15) is 0 Å². The summed E-state index contributed by atoms with van der Waals surface area (Å²) < 4.78 is 0. The molecule has 1 aliphatic rings. The zero-order valence-corrected chi connectivity index (χ0v) is 8.59. The molecule has 4 N–H and O–H groups in total. The van der Waals surface area contributed by atoms with Crippen molar-refractivity contribution in [2.45, 2.75) is 32.7 Å². The Labute approximate surface area is 83.4 Å². The molecule has 0 bridgehead atoms. The minimum absolute atomic E-state index is 0.127. The molecule has 1 fully saturated rings. The average molecular weight is 199 g/mol. The number of rotatable bonds is 1. The summed E-state index contributed by atoms with van der Waals surface area (Å²) in [4.78, 5) is 22.1. The summed E-state index contributed by atoms with van der Waals surface area (Å²) >= 11 is 0. The third kappa shape index (κ3) is 2.45. The monoisotopic (exact) mass is 199 g/mol. The van der Waals surface area contributed by atoms with Crippen molar-refractivity contribution in [3.63, 3.8) is 0 Å². The van der Waals surface area contributed by atoms with Crippen LogP contribution in [0.25, 0.3) is 0 Å².